The SMILES string of the molecule is C=CCN(c1ccc(C(=O)OCC)cc1C)S(=O)(=O)c1ccc(OC)c(C)c1. The van der Waals surface area contributed by atoms with Crippen molar-refractivity contribution in [2.45, 2.75) is 25.7 Å². The van der Waals surface area contributed by atoms with Crippen LogP contribution in [0.4, 0.5) is 5.69 Å². The van der Waals surface area contributed by atoms with E-state index in [4.69, 9.17) is 9.47 Å². The molecule has 0 amide bonds. The highest BCUT2D eigenvalue weighted by atomic mass is 32.2. The van der Waals surface area contributed by atoms with Crippen molar-refractivity contribution in [1.82, 2.24) is 0 Å². The van der Waals surface area contributed by atoms with Crippen molar-refractivity contribution in [2.75, 3.05) is 24.6 Å². The minimum absolute atomic E-state index is 0.0903. The Labute approximate surface area is 166 Å². The Morgan fingerprint density at radius 2 is 1.86 bits per heavy atom. The normalized spacial score (nSPS) is 11.0. The number of aryl methyl sites for hydroxylation is 2. The topological polar surface area (TPSA) is 72.9 Å². The fraction of sp³-hybridized carbons (Fsp3) is 0.286. The Morgan fingerprint density at radius 1 is 1.14 bits per heavy atom. The van der Waals surface area contributed by atoms with Gasteiger partial charge in [-0.2, -0.15) is 0 Å². The Hall–Kier alpha value is -2.80. The zero-order valence-electron chi connectivity index (χ0n) is 16.6. The average molecular weight is 404 g/mol. The summed E-state index contributed by atoms with van der Waals surface area (Å²) < 4.78 is 38.1. The van der Waals surface area contributed by atoms with E-state index in [9.17, 15) is 13.2 Å². The van der Waals surface area contributed by atoms with Gasteiger partial charge in [-0.05, 0) is 68.3 Å². The van der Waals surface area contributed by atoms with Gasteiger partial charge in [0.1, 0.15) is 5.75 Å². The van der Waals surface area contributed by atoms with Crippen LogP contribution in [0.3, 0.4) is 0 Å². The zero-order chi connectivity index (χ0) is 20.9. The number of hydrogen-bond donors (Lipinski definition) is 0. The molecule has 0 aliphatic rings. The standard InChI is InChI=1S/C21H25NO5S/c1-6-12-22(19-10-8-17(13-15(19)3)21(23)27-7-2)28(24,25)18-9-11-20(26-5)16(4)14-18/h6,8-11,13-14H,1,7,12H2,2-5H3. The molecule has 0 aliphatic heterocycles. The van der Waals surface area contributed by atoms with Crippen LogP contribution in [-0.2, 0) is 14.8 Å². The number of nitrogens with zero attached hydrogens (tertiary/aromatic N) is 1. The first kappa shape index (κ1) is 21.5. The second-order valence-electron chi connectivity index (χ2n) is 6.18. The molecular weight excluding hydrogens is 378 g/mol. The van der Waals surface area contributed by atoms with Gasteiger partial charge in [0.05, 0.1) is 36.4 Å². The number of carbonyl (C=O) groups excluding carboxylic acids is 1. The third-order valence-electron chi connectivity index (χ3n) is 4.23. The molecule has 0 saturated heterocycles. The molecule has 0 saturated carbocycles. The molecule has 7 heteroatoms. The predicted molar refractivity (Wildman–Crippen MR) is 110 cm³/mol. The van der Waals surface area contributed by atoms with Gasteiger partial charge in [-0.15, -0.1) is 6.58 Å². The largest absolute Gasteiger partial charge is 0.496 e. The van der Waals surface area contributed by atoms with E-state index in [2.05, 4.69) is 6.58 Å². The van der Waals surface area contributed by atoms with E-state index in [1.807, 2.05) is 0 Å². The number of anilines is 1. The first-order valence-electron chi connectivity index (χ1n) is 8.82. The molecule has 0 radical (unpaired) electrons. The molecule has 28 heavy (non-hydrogen) atoms. The molecule has 0 spiro atoms. The summed E-state index contributed by atoms with van der Waals surface area (Å²) in [5.74, 6) is 0.172. The lowest BCUT2D eigenvalue weighted by molar-refractivity contribution is 0.0526. The van der Waals surface area contributed by atoms with Crippen LogP contribution in [0.1, 0.15) is 28.4 Å². The summed E-state index contributed by atoms with van der Waals surface area (Å²) >= 11 is 0. The number of rotatable bonds is 8. The molecule has 2 rings (SSSR count). The molecule has 0 atom stereocenters. The summed E-state index contributed by atoms with van der Waals surface area (Å²) in [6, 6.07) is 9.51. The number of methoxy groups -OCH3 is 1. The van der Waals surface area contributed by atoms with Gasteiger partial charge in [-0.25, -0.2) is 13.2 Å². The lowest BCUT2D eigenvalue weighted by Gasteiger charge is -2.25. The number of ether oxygens (including phenoxy) is 2. The van der Waals surface area contributed by atoms with Crippen LogP contribution in [-0.4, -0.2) is 34.6 Å². The minimum atomic E-state index is -3.84. The van der Waals surface area contributed by atoms with Crippen molar-refractivity contribution in [2.24, 2.45) is 0 Å². The highest BCUT2D eigenvalue weighted by Crippen LogP contribution is 2.30. The number of benzene rings is 2. The molecule has 0 unspecified atom stereocenters. The summed E-state index contributed by atoms with van der Waals surface area (Å²) in [4.78, 5) is 12.1. The summed E-state index contributed by atoms with van der Waals surface area (Å²) in [6.45, 7) is 9.31. The number of esters is 1. The molecule has 0 heterocycles. The van der Waals surface area contributed by atoms with E-state index in [-0.39, 0.29) is 18.0 Å². The molecule has 2 aromatic carbocycles. The summed E-state index contributed by atoms with van der Waals surface area (Å²) in [6.07, 6.45) is 1.52. The zero-order valence-corrected chi connectivity index (χ0v) is 17.4. The van der Waals surface area contributed by atoms with E-state index in [1.165, 1.54) is 23.6 Å². The van der Waals surface area contributed by atoms with E-state index in [0.29, 0.717) is 22.6 Å². The second kappa shape index (κ2) is 8.93. The number of hydrogen-bond acceptors (Lipinski definition) is 5. The van der Waals surface area contributed by atoms with Crippen molar-refractivity contribution >= 4 is 21.7 Å². The van der Waals surface area contributed by atoms with Crippen molar-refractivity contribution in [1.29, 1.82) is 0 Å². The maximum absolute atomic E-state index is 13.3. The van der Waals surface area contributed by atoms with Crippen molar-refractivity contribution in [3.63, 3.8) is 0 Å². The van der Waals surface area contributed by atoms with Gasteiger partial charge < -0.3 is 9.47 Å². The van der Waals surface area contributed by atoms with Crippen LogP contribution < -0.4 is 9.04 Å². The van der Waals surface area contributed by atoms with E-state index in [0.717, 1.165) is 5.56 Å². The van der Waals surface area contributed by atoms with Crippen LogP contribution in [0.25, 0.3) is 0 Å². The maximum atomic E-state index is 13.3. The maximum Gasteiger partial charge on any atom is 0.338 e. The van der Waals surface area contributed by atoms with Crippen LogP contribution in [0.15, 0.2) is 53.9 Å². The van der Waals surface area contributed by atoms with Gasteiger partial charge in [0.15, 0.2) is 0 Å². The Balaban J connectivity index is 2.51. The molecule has 0 bridgehead atoms. The highest BCUT2D eigenvalue weighted by Gasteiger charge is 2.26. The quantitative estimate of drug-likeness (QED) is 0.494. The van der Waals surface area contributed by atoms with Crippen LogP contribution in [0, 0.1) is 13.8 Å². The summed E-state index contributed by atoms with van der Waals surface area (Å²) in [5.41, 5.74) is 2.21. The number of sulfonamides is 1. The smallest absolute Gasteiger partial charge is 0.338 e. The number of carbonyl (C=O) groups is 1. The molecule has 0 aliphatic carbocycles. The molecular formula is C21H25NO5S. The Kier molecular flexibility index (Phi) is 6.85. The van der Waals surface area contributed by atoms with Crippen LogP contribution in [0.2, 0.25) is 0 Å². The summed E-state index contributed by atoms with van der Waals surface area (Å²) in [7, 11) is -2.30. The summed E-state index contributed by atoms with van der Waals surface area (Å²) in [5, 5.41) is 0. The third kappa shape index (κ3) is 4.36. The second-order valence-corrected chi connectivity index (χ2v) is 8.04. The molecule has 0 aromatic heterocycles. The van der Waals surface area contributed by atoms with Crippen molar-refractivity contribution in [3.8, 4) is 5.75 Å². The molecule has 6 nitrogen and oxygen atoms in total. The highest BCUT2D eigenvalue weighted by molar-refractivity contribution is 7.92. The lowest BCUT2D eigenvalue weighted by Crippen LogP contribution is -2.32. The molecule has 0 fully saturated rings. The molecule has 150 valence electrons. The monoisotopic (exact) mass is 403 g/mol. The molecule has 0 N–H and O–H groups in total. The van der Waals surface area contributed by atoms with E-state index < -0.39 is 16.0 Å². The van der Waals surface area contributed by atoms with Crippen LogP contribution in [0.5, 0.6) is 5.75 Å². The van der Waals surface area contributed by atoms with Crippen LogP contribution >= 0.6 is 0 Å². The Morgan fingerprint density at radius 3 is 2.39 bits per heavy atom. The lowest BCUT2D eigenvalue weighted by atomic mass is 10.1. The van der Waals surface area contributed by atoms with E-state index >= 15 is 0 Å². The van der Waals surface area contributed by atoms with Crippen molar-refractivity contribution < 1.29 is 22.7 Å². The van der Waals surface area contributed by atoms with Gasteiger partial charge in [0, 0.05) is 0 Å². The van der Waals surface area contributed by atoms with Gasteiger partial charge in [0.25, 0.3) is 10.0 Å². The van der Waals surface area contributed by atoms with Gasteiger partial charge in [-0.1, -0.05) is 6.08 Å². The first-order valence-corrected chi connectivity index (χ1v) is 10.3. The van der Waals surface area contributed by atoms with Gasteiger partial charge in [-0.3, -0.25) is 4.31 Å². The average Bonchev–Trinajstić information content (AvgIpc) is 2.66. The fourth-order valence-electron chi connectivity index (χ4n) is 2.86. The van der Waals surface area contributed by atoms with Crippen molar-refractivity contribution in [3.05, 3.63) is 65.7 Å². The van der Waals surface area contributed by atoms with E-state index in [1.54, 1.807) is 51.1 Å². The predicted octanol–water partition coefficient (Wildman–Crippen LogP) is 3.87. The first-order chi connectivity index (χ1) is 13.3. The molecule has 2 aromatic rings. The van der Waals surface area contributed by atoms with Gasteiger partial charge >= 0.3 is 5.97 Å². The Bertz CT molecular complexity index is 982. The van der Waals surface area contributed by atoms with Gasteiger partial charge in [0.2, 0.25) is 0 Å². The minimum Gasteiger partial charge on any atom is -0.496 e. The third-order valence-corrected chi connectivity index (χ3v) is 6.00. The fourth-order valence-corrected chi connectivity index (χ4v) is 4.44.